The Labute approximate surface area is 230 Å². The monoisotopic (exact) mass is 539 g/mol. The molecule has 0 bridgehead atoms. The molecule has 1 saturated heterocycles. The van der Waals surface area contributed by atoms with E-state index in [4.69, 9.17) is 14.9 Å². The number of likely N-dealkylation sites (tertiary alicyclic amines) is 1. The Morgan fingerprint density at radius 1 is 1.10 bits per heavy atom. The Bertz CT molecular complexity index is 1740. The van der Waals surface area contributed by atoms with Gasteiger partial charge in [0.2, 0.25) is 0 Å². The minimum atomic E-state index is -0.587. The molecule has 0 radical (unpaired) electrons. The highest BCUT2D eigenvalue weighted by molar-refractivity contribution is 6.14. The number of benzene rings is 2. The minimum absolute atomic E-state index is 0.0681. The van der Waals surface area contributed by atoms with Crippen LogP contribution in [-0.2, 0) is 4.74 Å². The number of amides is 2. The fourth-order valence-electron chi connectivity index (χ4n) is 4.98. The van der Waals surface area contributed by atoms with Gasteiger partial charge in [-0.3, -0.25) is 10.1 Å². The zero-order valence-corrected chi connectivity index (χ0v) is 22.4. The lowest BCUT2D eigenvalue weighted by molar-refractivity contribution is 0.0289. The molecule has 2 amide bonds. The van der Waals surface area contributed by atoms with Gasteiger partial charge in [0, 0.05) is 19.3 Å². The molecule has 6 rings (SSSR count). The van der Waals surface area contributed by atoms with Crippen molar-refractivity contribution in [1.29, 1.82) is 0 Å². The number of rotatable bonds is 4. The van der Waals surface area contributed by atoms with Gasteiger partial charge < -0.3 is 24.4 Å². The predicted octanol–water partition coefficient (Wildman–Crippen LogP) is 5.26. The number of nitrogens with zero attached hydrogens (tertiary/aromatic N) is 5. The average Bonchev–Trinajstić information content (AvgIpc) is 3.64. The summed E-state index contributed by atoms with van der Waals surface area (Å²) in [6.45, 7) is 6.44. The third-order valence-corrected chi connectivity index (χ3v) is 6.81. The van der Waals surface area contributed by atoms with Crippen molar-refractivity contribution >= 4 is 46.0 Å². The zero-order valence-electron chi connectivity index (χ0n) is 22.4. The molecule has 3 aromatic heterocycles. The number of nitrogen functional groups attached to an aromatic ring is 1. The summed E-state index contributed by atoms with van der Waals surface area (Å²) in [5.41, 5.74) is 9.64. The fraction of sp³-hybridized carbons (Fsp3) is 0.276. The van der Waals surface area contributed by atoms with Gasteiger partial charge in [0.25, 0.3) is 5.91 Å². The normalized spacial score (nSPS) is 15.6. The van der Waals surface area contributed by atoms with Crippen LogP contribution in [0, 0.1) is 0 Å². The Balaban J connectivity index is 1.27. The van der Waals surface area contributed by atoms with Gasteiger partial charge in [0.15, 0.2) is 5.58 Å². The molecule has 11 heteroatoms. The number of nitrogens with two attached hydrogens (primary N) is 1. The largest absolute Gasteiger partial charge is 0.444 e. The molecule has 3 N–H and O–H groups in total. The van der Waals surface area contributed by atoms with Crippen molar-refractivity contribution in [2.24, 2.45) is 0 Å². The van der Waals surface area contributed by atoms with Crippen LogP contribution in [0.4, 0.5) is 16.6 Å². The fourth-order valence-corrected chi connectivity index (χ4v) is 4.98. The second-order valence-corrected chi connectivity index (χ2v) is 10.8. The lowest BCUT2D eigenvalue weighted by atomic mass is 10.1. The van der Waals surface area contributed by atoms with E-state index in [1.165, 1.54) is 6.33 Å². The molecular formula is C29H29N7O4. The van der Waals surface area contributed by atoms with Crippen molar-refractivity contribution in [1.82, 2.24) is 24.4 Å². The molecule has 5 aromatic rings. The van der Waals surface area contributed by atoms with Crippen molar-refractivity contribution in [2.45, 2.75) is 38.8 Å². The molecule has 1 aliphatic rings. The third-order valence-electron chi connectivity index (χ3n) is 6.81. The minimum Gasteiger partial charge on any atom is -0.444 e. The summed E-state index contributed by atoms with van der Waals surface area (Å²) in [6, 6.07) is 15.6. The first kappa shape index (κ1) is 25.4. The van der Waals surface area contributed by atoms with E-state index in [-0.39, 0.29) is 29.5 Å². The summed E-state index contributed by atoms with van der Waals surface area (Å²) < 4.78 is 13.2. The summed E-state index contributed by atoms with van der Waals surface area (Å²) in [7, 11) is 0. The Morgan fingerprint density at radius 3 is 2.67 bits per heavy atom. The topological polar surface area (TPSA) is 141 Å². The molecule has 2 aromatic carbocycles. The zero-order chi connectivity index (χ0) is 28.0. The number of carbonyl (C=O) groups excluding carboxylic acids is 2. The maximum Gasteiger partial charge on any atom is 0.410 e. The molecule has 1 atom stereocenters. The van der Waals surface area contributed by atoms with Crippen molar-refractivity contribution in [3.8, 4) is 11.1 Å². The molecule has 0 spiro atoms. The van der Waals surface area contributed by atoms with Gasteiger partial charge in [-0.2, -0.15) is 4.98 Å². The summed E-state index contributed by atoms with van der Waals surface area (Å²) >= 11 is 0. The van der Waals surface area contributed by atoms with E-state index in [1.807, 2.05) is 73.9 Å². The Morgan fingerprint density at radius 2 is 1.90 bits per heavy atom. The van der Waals surface area contributed by atoms with Crippen molar-refractivity contribution < 1.29 is 18.7 Å². The molecule has 1 aliphatic heterocycles. The lowest BCUT2D eigenvalue weighted by Crippen LogP contribution is -2.35. The van der Waals surface area contributed by atoms with Gasteiger partial charge in [-0.05, 0) is 50.5 Å². The lowest BCUT2D eigenvalue weighted by Gasteiger charge is -2.24. The van der Waals surface area contributed by atoms with Crippen molar-refractivity contribution in [3.05, 3.63) is 66.6 Å². The Hall–Kier alpha value is -4.93. The maximum atomic E-state index is 13.5. The first-order chi connectivity index (χ1) is 19.2. The van der Waals surface area contributed by atoms with Gasteiger partial charge in [-0.1, -0.05) is 36.4 Å². The molecule has 11 nitrogen and oxygen atoms in total. The molecule has 1 unspecified atom stereocenters. The first-order valence-electron chi connectivity index (χ1n) is 13.0. The van der Waals surface area contributed by atoms with Crippen LogP contribution in [0.5, 0.6) is 0 Å². The highest BCUT2D eigenvalue weighted by Crippen LogP contribution is 2.32. The molecule has 204 valence electrons. The summed E-state index contributed by atoms with van der Waals surface area (Å²) in [5, 5.41) is 3.19. The first-order valence-corrected chi connectivity index (χ1v) is 13.0. The summed E-state index contributed by atoms with van der Waals surface area (Å²) in [6.07, 6.45) is 3.36. The standard InChI is InChI=1S/C29H29N7O4/c1-29(2,3)40-28(38)35-12-11-19(14-35)36-15-20(23-24(30)31-16-32-25(23)36)26(37)34-27-33-21-13-18(9-10-22(21)39-27)17-7-5-4-6-8-17/h4-10,13,15-16,19H,11-12,14H2,1-3H3,(H2,30,31,32)(H,33,34,37). The number of ether oxygens (including phenoxy) is 1. The number of carbonyl (C=O) groups is 2. The quantitative estimate of drug-likeness (QED) is 0.315. The van der Waals surface area contributed by atoms with Crippen LogP contribution in [0.15, 0.2) is 65.5 Å². The second-order valence-electron chi connectivity index (χ2n) is 10.8. The van der Waals surface area contributed by atoms with E-state index in [0.717, 1.165) is 11.1 Å². The molecular weight excluding hydrogens is 510 g/mol. The molecule has 0 aliphatic carbocycles. The average molecular weight is 540 g/mol. The highest BCUT2D eigenvalue weighted by atomic mass is 16.6. The number of nitrogens with one attached hydrogen (secondary N) is 1. The SMILES string of the molecule is CC(C)(C)OC(=O)N1CCC(n2cc(C(=O)Nc3nc4cc(-c5ccccc5)ccc4o3)c3c(N)ncnc32)C1. The van der Waals surface area contributed by atoms with Crippen LogP contribution in [0.3, 0.4) is 0 Å². The van der Waals surface area contributed by atoms with Crippen LogP contribution in [0.25, 0.3) is 33.3 Å². The number of hydrogen-bond acceptors (Lipinski definition) is 8. The third kappa shape index (κ3) is 4.81. The second kappa shape index (κ2) is 9.67. The van der Waals surface area contributed by atoms with E-state index in [9.17, 15) is 9.59 Å². The number of aromatic nitrogens is 4. The van der Waals surface area contributed by atoms with Crippen LogP contribution in [0.2, 0.25) is 0 Å². The van der Waals surface area contributed by atoms with Gasteiger partial charge in [-0.25, -0.2) is 14.8 Å². The Kier molecular flexibility index (Phi) is 6.13. The van der Waals surface area contributed by atoms with Crippen LogP contribution in [0.1, 0.15) is 43.6 Å². The van der Waals surface area contributed by atoms with E-state index >= 15 is 0 Å². The predicted molar refractivity (Wildman–Crippen MR) is 151 cm³/mol. The number of fused-ring (bicyclic) bond motifs is 2. The van der Waals surface area contributed by atoms with E-state index in [2.05, 4.69) is 20.3 Å². The maximum absolute atomic E-state index is 13.5. The van der Waals surface area contributed by atoms with E-state index in [0.29, 0.717) is 41.6 Å². The molecule has 4 heterocycles. The van der Waals surface area contributed by atoms with Gasteiger partial charge in [-0.15, -0.1) is 0 Å². The van der Waals surface area contributed by atoms with E-state index < -0.39 is 11.5 Å². The van der Waals surface area contributed by atoms with Crippen molar-refractivity contribution in [3.63, 3.8) is 0 Å². The number of hydrogen-bond donors (Lipinski definition) is 2. The molecule has 40 heavy (non-hydrogen) atoms. The van der Waals surface area contributed by atoms with Crippen LogP contribution < -0.4 is 11.1 Å². The van der Waals surface area contributed by atoms with Crippen LogP contribution >= 0.6 is 0 Å². The van der Waals surface area contributed by atoms with Gasteiger partial charge in [0.1, 0.15) is 28.9 Å². The highest BCUT2D eigenvalue weighted by Gasteiger charge is 2.33. The van der Waals surface area contributed by atoms with E-state index in [1.54, 1.807) is 11.1 Å². The van der Waals surface area contributed by atoms with Crippen molar-refractivity contribution in [2.75, 3.05) is 24.1 Å². The molecule has 1 fully saturated rings. The van der Waals surface area contributed by atoms with Gasteiger partial charge >= 0.3 is 12.1 Å². The smallest absolute Gasteiger partial charge is 0.410 e. The number of anilines is 2. The molecule has 0 saturated carbocycles. The summed E-state index contributed by atoms with van der Waals surface area (Å²) in [4.78, 5) is 40.8. The number of oxazole rings is 1. The van der Waals surface area contributed by atoms with Gasteiger partial charge in [0.05, 0.1) is 17.0 Å². The summed E-state index contributed by atoms with van der Waals surface area (Å²) in [5.74, 6) is -0.275. The van der Waals surface area contributed by atoms with Crippen LogP contribution in [-0.4, -0.2) is 55.1 Å².